The maximum absolute atomic E-state index is 13.0. The summed E-state index contributed by atoms with van der Waals surface area (Å²) in [4.78, 5) is 37.8. The van der Waals surface area contributed by atoms with Crippen molar-refractivity contribution in [3.8, 4) is 17.2 Å². The number of ether oxygens (including phenoxy) is 4. The summed E-state index contributed by atoms with van der Waals surface area (Å²) in [6.07, 6.45) is -0.278. The van der Waals surface area contributed by atoms with Gasteiger partial charge in [0.05, 0.1) is 26.2 Å². The third kappa shape index (κ3) is 3.06. The average molecular weight is 410 g/mol. The second kappa shape index (κ2) is 7.55. The molecule has 1 aliphatic carbocycles. The lowest BCUT2D eigenvalue weighted by Crippen LogP contribution is -2.28. The molecule has 8 nitrogen and oxygen atoms in total. The Morgan fingerprint density at radius 1 is 1.10 bits per heavy atom. The lowest BCUT2D eigenvalue weighted by atomic mass is 9.78. The van der Waals surface area contributed by atoms with Crippen LogP contribution in [0.4, 0.5) is 0 Å². The predicted octanol–water partition coefficient (Wildman–Crippen LogP) is 2.81. The van der Waals surface area contributed by atoms with Gasteiger partial charge >= 0.3 is 5.97 Å². The number of carbonyl (C=O) groups is 3. The van der Waals surface area contributed by atoms with Gasteiger partial charge in [-0.2, -0.15) is 0 Å². The summed E-state index contributed by atoms with van der Waals surface area (Å²) in [5, 5.41) is 10.9. The Labute approximate surface area is 171 Å². The monoisotopic (exact) mass is 410 g/mol. The smallest absolute Gasteiger partial charge is 0.306 e. The highest BCUT2D eigenvalue weighted by Crippen LogP contribution is 2.46. The first-order valence-corrected chi connectivity index (χ1v) is 9.12. The van der Waals surface area contributed by atoms with Crippen molar-refractivity contribution in [1.82, 2.24) is 0 Å². The van der Waals surface area contributed by atoms with Gasteiger partial charge in [0.1, 0.15) is 5.76 Å². The molecule has 4 rings (SSSR count). The van der Waals surface area contributed by atoms with Crippen LogP contribution in [0.2, 0.25) is 0 Å². The summed E-state index contributed by atoms with van der Waals surface area (Å²) in [5.41, 5.74) is 0.608. The van der Waals surface area contributed by atoms with Crippen LogP contribution in [0.25, 0.3) is 5.76 Å². The highest BCUT2D eigenvalue weighted by atomic mass is 16.7. The molecule has 2 aromatic rings. The summed E-state index contributed by atoms with van der Waals surface area (Å²) in [6, 6.07) is 9.45. The highest BCUT2D eigenvalue weighted by molar-refractivity contribution is 6.52. The van der Waals surface area contributed by atoms with Gasteiger partial charge in [0.2, 0.25) is 24.1 Å². The molecule has 1 heterocycles. The van der Waals surface area contributed by atoms with Gasteiger partial charge in [0.25, 0.3) is 0 Å². The quantitative estimate of drug-likeness (QED) is 0.592. The summed E-state index contributed by atoms with van der Waals surface area (Å²) >= 11 is 0. The SMILES string of the molecule is COC(=O)C[C@@H](C1=C(O)c2ccccc2C(=O)C1=O)c1cc(OC)c2c(c1)OCO2. The molecule has 2 aromatic carbocycles. The number of benzene rings is 2. The van der Waals surface area contributed by atoms with E-state index in [2.05, 4.69) is 0 Å². The van der Waals surface area contributed by atoms with Crippen molar-refractivity contribution in [3.05, 3.63) is 58.7 Å². The molecule has 0 saturated carbocycles. The van der Waals surface area contributed by atoms with Crippen LogP contribution in [0.15, 0.2) is 42.0 Å². The Bertz CT molecular complexity index is 1100. The number of hydrogen-bond donors (Lipinski definition) is 1. The molecule has 0 aromatic heterocycles. The number of ketones is 2. The van der Waals surface area contributed by atoms with Gasteiger partial charge in [-0.25, -0.2) is 0 Å². The molecule has 1 N–H and O–H groups in total. The van der Waals surface area contributed by atoms with Gasteiger partial charge in [-0.15, -0.1) is 0 Å². The van der Waals surface area contributed by atoms with Crippen molar-refractivity contribution in [2.75, 3.05) is 21.0 Å². The molecule has 0 amide bonds. The van der Waals surface area contributed by atoms with Crippen molar-refractivity contribution >= 4 is 23.3 Å². The van der Waals surface area contributed by atoms with Gasteiger partial charge in [0.15, 0.2) is 11.5 Å². The summed E-state index contributed by atoms with van der Waals surface area (Å²) in [6.45, 7) is -0.00441. The van der Waals surface area contributed by atoms with E-state index < -0.39 is 23.5 Å². The van der Waals surface area contributed by atoms with Crippen molar-refractivity contribution < 1.29 is 38.4 Å². The molecule has 1 aliphatic heterocycles. The fourth-order valence-electron chi connectivity index (χ4n) is 3.70. The maximum atomic E-state index is 13.0. The normalized spacial score (nSPS) is 15.7. The topological polar surface area (TPSA) is 108 Å². The summed E-state index contributed by atoms with van der Waals surface area (Å²) in [5.74, 6) is -2.45. The number of aliphatic hydroxyl groups excluding tert-OH is 1. The fraction of sp³-hybridized carbons (Fsp3) is 0.227. The number of allylic oxidation sites excluding steroid dienone is 1. The Kier molecular flexibility index (Phi) is 4.91. The number of carbonyl (C=O) groups excluding carboxylic acids is 3. The number of aliphatic hydroxyl groups is 1. The first-order chi connectivity index (χ1) is 14.5. The summed E-state index contributed by atoms with van der Waals surface area (Å²) < 4.78 is 20.9. The first-order valence-electron chi connectivity index (χ1n) is 9.12. The molecule has 8 heteroatoms. The third-order valence-corrected chi connectivity index (χ3v) is 5.16. The van der Waals surface area contributed by atoms with E-state index in [1.165, 1.54) is 20.3 Å². The van der Waals surface area contributed by atoms with Crippen LogP contribution in [-0.2, 0) is 14.3 Å². The third-order valence-electron chi connectivity index (χ3n) is 5.16. The molecule has 154 valence electrons. The number of Topliss-reactive ketones (excluding diaryl/α,β-unsaturated/α-hetero) is 2. The number of fused-ring (bicyclic) bond motifs is 2. The van der Waals surface area contributed by atoms with E-state index in [1.54, 1.807) is 30.3 Å². The van der Waals surface area contributed by atoms with Crippen molar-refractivity contribution in [3.63, 3.8) is 0 Å². The highest BCUT2D eigenvalue weighted by Gasteiger charge is 2.39. The minimum atomic E-state index is -0.967. The average Bonchev–Trinajstić information content (AvgIpc) is 3.25. The minimum absolute atomic E-state index is 0.00441. The van der Waals surface area contributed by atoms with E-state index in [0.29, 0.717) is 22.8 Å². The first kappa shape index (κ1) is 19.5. The van der Waals surface area contributed by atoms with Gasteiger partial charge < -0.3 is 24.1 Å². The van der Waals surface area contributed by atoms with E-state index in [9.17, 15) is 19.5 Å². The molecule has 0 unspecified atom stereocenters. The number of hydrogen-bond acceptors (Lipinski definition) is 8. The van der Waals surface area contributed by atoms with E-state index in [1.807, 2.05) is 0 Å². The molecule has 0 bridgehead atoms. The Hall–Kier alpha value is -3.81. The van der Waals surface area contributed by atoms with Crippen LogP contribution < -0.4 is 14.2 Å². The van der Waals surface area contributed by atoms with E-state index in [0.717, 1.165) is 0 Å². The van der Waals surface area contributed by atoms with Crippen LogP contribution in [0.3, 0.4) is 0 Å². The van der Waals surface area contributed by atoms with Crippen molar-refractivity contribution in [1.29, 1.82) is 0 Å². The largest absolute Gasteiger partial charge is 0.507 e. The molecule has 1 atom stereocenters. The van der Waals surface area contributed by atoms with Gasteiger partial charge in [-0.1, -0.05) is 24.3 Å². The van der Waals surface area contributed by atoms with E-state index in [-0.39, 0.29) is 35.7 Å². The standard InChI is InChI=1S/C22H18O8/c1-27-15-7-11(8-16-22(15)30-10-29-16)14(9-17(23)28-2)18-19(24)12-5-3-4-6-13(12)20(25)21(18)26/h3-8,14,24H,9-10H2,1-2H3/t14-/m1/s1. The van der Waals surface area contributed by atoms with Crippen molar-refractivity contribution in [2.45, 2.75) is 12.3 Å². The molecule has 0 saturated heterocycles. The fourth-order valence-corrected chi connectivity index (χ4v) is 3.70. The van der Waals surface area contributed by atoms with Crippen LogP contribution in [0, 0.1) is 0 Å². The lowest BCUT2D eigenvalue weighted by Gasteiger charge is -2.25. The minimum Gasteiger partial charge on any atom is -0.507 e. The molecule has 0 fully saturated rings. The molecule has 30 heavy (non-hydrogen) atoms. The van der Waals surface area contributed by atoms with Crippen molar-refractivity contribution in [2.24, 2.45) is 0 Å². The zero-order chi connectivity index (χ0) is 21.4. The van der Waals surface area contributed by atoms with E-state index in [4.69, 9.17) is 18.9 Å². The zero-order valence-corrected chi connectivity index (χ0v) is 16.3. The van der Waals surface area contributed by atoms with Gasteiger partial charge in [0, 0.05) is 17.0 Å². The summed E-state index contributed by atoms with van der Waals surface area (Å²) in [7, 11) is 2.66. The molecule has 0 radical (unpaired) electrons. The molecular weight excluding hydrogens is 392 g/mol. The lowest BCUT2D eigenvalue weighted by molar-refractivity contribution is -0.140. The zero-order valence-electron chi connectivity index (χ0n) is 16.3. The van der Waals surface area contributed by atoms with Gasteiger partial charge in [-0.05, 0) is 17.7 Å². The van der Waals surface area contributed by atoms with E-state index >= 15 is 0 Å². The maximum Gasteiger partial charge on any atom is 0.306 e. The van der Waals surface area contributed by atoms with Crippen LogP contribution in [0.1, 0.15) is 33.8 Å². The Balaban J connectivity index is 1.92. The molecule has 2 aliphatic rings. The van der Waals surface area contributed by atoms with Crippen LogP contribution in [-0.4, -0.2) is 43.7 Å². The number of esters is 1. The number of methoxy groups -OCH3 is 2. The number of rotatable bonds is 5. The molecular formula is C22H18O8. The molecule has 0 spiro atoms. The Morgan fingerprint density at radius 2 is 1.83 bits per heavy atom. The second-order valence-corrected chi connectivity index (χ2v) is 6.76. The van der Waals surface area contributed by atoms with Crippen LogP contribution in [0.5, 0.6) is 17.2 Å². The van der Waals surface area contributed by atoms with Crippen LogP contribution >= 0.6 is 0 Å². The van der Waals surface area contributed by atoms with Gasteiger partial charge in [-0.3, -0.25) is 14.4 Å². The predicted molar refractivity (Wildman–Crippen MR) is 104 cm³/mol. The Morgan fingerprint density at radius 3 is 2.53 bits per heavy atom. The second-order valence-electron chi connectivity index (χ2n) is 6.76.